The zero-order chi connectivity index (χ0) is 16.8. The molecule has 2 aromatic rings. The number of nitrogens with zero attached hydrogens (tertiary/aromatic N) is 5. The minimum atomic E-state index is -0.463. The number of halogens is 1. The third-order valence-corrected chi connectivity index (χ3v) is 3.27. The molecular formula is C14H17ClN6O2. The van der Waals surface area contributed by atoms with E-state index in [1.807, 2.05) is 11.9 Å². The first kappa shape index (κ1) is 16.9. The van der Waals surface area contributed by atoms with E-state index in [9.17, 15) is 10.1 Å². The Kier molecular flexibility index (Phi) is 5.64. The number of aromatic nitrogens is 3. The van der Waals surface area contributed by atoms with E-state index in [0.717, 1.165) is 19.4 Å². The first-order valence-corrected chi connectivity index (χ1v) is 7.51. The fourth-order valence-corrected chi connectivity index (χ4v) is 2.04. The SMILES string of the molecule is CCCCN(C)c1nc(Cl)nc(Nc2cccc([N+](=O)[O-])c2)n1. The fourth-order valence-electron chi connectivity index (χ4n) is 1.89. The standard InChI is InChI=1S/C14H17ClN6O2/c1-3-4-8-20(2)14-18-12(15)17-13(19-14)16-10-6-5-7-11(9-10)21(22)23/h5-7,9H,3-4,8H2,1-2H3,(H,16,17,18,19). The number of anilines is 3. The summed E-state index contributed by atoms with van der Waals surface area (Å²) in [6, 6.07) is 6.08. The highest BCUT2D eigenvalue weighted by molar-refractivity contribution is 6.28. The van der Waals surface area contributed by atoms with Gasteiger partial charge in [0.2, 0.25) is 17.2 Å². The van der Waals surface area contributed by atoms with Crippen molar-refractivity contribution in [2.24, 2.45) is 0 Å². The molecule has 122 valence electrons. The van der Waals surface area contributed by atoms with Crippen molar-refractivity contribution in [1.29, 1.82) is 0 Å². The second-order valence-corrected chi connectivity index (χ2v) is 5.27. The van der Waals surface area contributed by atoms with Gasteiger partial charge < -0.3 is 10.2 Å². The number of nitrogens with one attached hydrogen (secondary N) is 1. The normalized spacial score (nSPS) is 10.4. The molecule has 0 unspecified atom stereocenters. The van der Waals surface area contributed by atoms with Gasteiger partial charge in [0.15, 0.2) is 0 Å². The van der Waals surface area contributed by atoms with Crippen molar-refractivity contribution in [3.8, 4) is 0 Å². The Morgan fingerprint density at radius 3 is 2.83 bits per heavy atom. The highest BCUT2D eigenvalue weighted by Gasteiger charge is 2.11. The monoisotopic (exact) mass is 336 g/mol. The quantitative estimate of drug-likeness (QED) is 0.611. The Balaban J connectivity index is 2.21. The van der Waals surface area contributed by atoms with Gasteiger partial charge in [-0.2, -0.15) is 15.0 Å². The average Bonchev–Trinajstić information content (AvgIpc) is 2.52. The van der Waals surface area contributed by atoms with E-state index in [4.69, 9.17) is 11.6 Å². The van der Waals surface area contributed by atoms with Gasteiger partial charge in [0.05, 0.1) is 4.92 Å². The average molecular weight is 337 g/mol. The van der Waals surface area contributed by atoms with Gasteiger partial charge in [-0.1, -0.05) is 19.4 Å². The molecule has 1 heterocycles. The van der Waals surface area contributed by atoms with Gasteiger partial charge in [0.25, 0.3) is 5.69 Å². The minimum absolute atomic E-state index is 0.0181. The van der Waals surface area contributed by atoms with Gasteiger partial charge in [-0.3, -0.25) is 10.1 Å². The second-order valence-electron chi connectivity index (χ2n) is 4.94. The van der Waals surface area contributed by atoms with Crippen molar-refractivity contribution in [1.82, 2.24) is 15.0 Å². The van der Waals surface area contributed by atoms with Gasteiger partial charge >= 0.3 is 0 Å². The number of benzene rings is 1. The highest BCUT2D eigenvalue weighted by Crippen LogP contribution is 2.21. The van der Waals surface area contributed by atoms with Crippen LogP contribution >= 0.6 is 11.6 Å². The smallest absolute Gasteiger partial charge is 0.271 e. The van der Waals surface area contributed by atoms with Crippen LogP contribution in [-0.2, 0) is 0 Å². The molecule has 1 aromatic heterocycles. The van der Waals surface area contributed by atoms with E-state index in [2.05, 4.69) is 27.2 Å². The molecule has 0 aliphatic carbocycles. The van der Waals surface area contributed by atoms with Gasteiger partial charge in [0.1, 0.15) is 0 Å². The molecule has 8 nitrogen and oxygen atoms in total. The van der Waals surface area contributed by atoms with Crippen LogP contribution in [0.4, 0.5) is 23.3 Å². The molecule has 9 heteroatoms. The molecule has 23 heavy (non-hydrogen) atoms. The van der Waals surface area contributed by atoms with E-state index in [1.165, 1.54) is 12.1 Å². The number of hydrogen-bond acceptors (Lipinski definition) is 7. The van der Waals surface area contributed by atoms with Crippen molar-refractivity contribution in [2.45, 2.75) is 19.8 Å². The molecule has 1 aromatic carbocycles. The largest absolute Gasteiger partial charge is 0.344 e. The van der Waals surface area contributed by atoms with Crippen molar-refractivity contribution in [3.63, 3.8) is 0 Å². The Bertz CT molecular complexity index is 697. The molecule has 0 aliphatic rings. The number of unbranched alkanes of at least 4 members (excludes halogenated alkanes) is 1. The van der Waals surface area contributed by atoms with Crippen LogP contribution in [0.3, 0.4) is 0 Å². The Morgan fingerprint density at radius 2 is 2.13 bits per heavy atom. The third-order valence-electron chi connectivity index (χ3n) is 3.10. The summed E-state index contributed by atoms with van der Waals surface area (Å²) < 4.78 is 0. The lowest BCUT2D eigenvalue weighted by molar-refractivity contribution is -0.384. The highest BCUT2D eigenvalue weighted by atomic mass is 35.5. The number of nitro groups is 1. The lowest BCUT2D eigenvalue weighted by Crippen LogP contribution is -2.21. The Hall–Kier alpha value is -2.48. The Labute approximate surface area is 138 Å². The van der Waals surface area contributed by atoms with Crippen molar-refractivity contribution in [3.05, 3.63) is 39.7 Å². The molecule has 0 spiro atoms. The van der Waals surface area contributed by atoms with Crippen LogP contribution in [0, 0.1) is 10.1 Å². The lowest BCUT2D eigenvalue weighted by Gasteiger charge is -2.17. The molecule has 1 N–H and O–H groups in total. The molecule has 0 fully saturated rings. The maximum atomic E-state index is 10.8. The molecule has 0 saturated carbocycles. The van der Waals surface area contributed by atoms with Crippen LogP contribution in [-0.4, -0.2) is 33.5 Å². The second kappa shape index (κ2) is 7.68. The molecule has 0 atom stereocenters. The summed E-state index contributed by atoms with van der Waals surface area (Å²) in [5.41, 5.74) is 0.485. The van der Waals surface area contributed by atoms with Crippen LogP contribution in [0.1, 0.15) is 19.8 Å². The molecule has 0 aliphatic heterocycles. The topological polar surface area (TPSA) is 97.1 Å². The zero-order valence-corrected chi connectivity index (χ0v) is 13.6. The molecule has 2 rings (SSSR count). The summed E-state index contributed by atoms with van der Waals surface area (Å²) in [5.74, 6) is 0.690. The van der Waals surface area contributed by atoms with Crippen molar-refractivity contribution in [2.75, 3.05) is 23.8 Å². The summed E-state index contributed by atoms with van der Waals surface area (Å²) in [6.45, 7) is 2.90. The van der Waals surface area contributed by atoms with Gasteiger partial charge in [0, 0.05) is 31.4 Å². The van der Waals surface area contributed by atoms with E-state index in [1.54, 1.807) is 12.1 Å². The first-order chi connectivity index (χ1) is 11.0. The summed E-state index contributed by atoms with van der Waals surface area (Å²) in [7, 11) is 1.87. The van der Waals surface area contributed by atoms with E-state index in [0.29, 0.717) is 11.6 Å². The minimum Gasteiger partial charge on any atom is -0.344 e. The third kappa shape index (κ3) is 4.75. The number of nitro benzene ring substituents is 1. The van der Waals surface area contributed by atoms with Crippen molar-refractivity contribution < 1.29 is 4.92 Å². The molecular weight excluding hydrogens is 320 g/mol. The predicted octanol–water partition coefficient (Wildman–Crippen LogP) is 3.41. The molecule has 0 radical (unpaired) electrons. The van der Waals surface area contributed by atoms with Crippen LogP contribution < -0.4 is 10.2 Å². The van der Waals surface area contributed by atoms with Crippen LogP contribution in [0.15, 0.2) is 24.3 Å². The lowest BCUT2D eigenvalue weighted by atomic mass is 10.3. The molecule has 0 saturated heterocycles. The molecule has 0 bridgehead atoms. The van der Waals surface area contributed by atoms with Gasteiger partial charge in [-0.05, 0) is 24.1 Å². The first-order valence-electron chi connectivity index (χ1n) is 7.13. The molecule has 0 amide bonds. The van der Waals surface area contributed by atoms with Gasteiger partial charge in [-0.15, -0.1) is 0 Å². The summed E-state index contributed by atoms with van der Waals surface area (Å²) >= 11 is 5.94. The van der Waals surface area contributed by atoms with E-state index < -0.39 is 4.92 Å². The predicted molar refractivity (Wildman–Crippen MR) is 89.4 cm³/mol. The summed E-state index contributed by atoms with van der Waals surface area (Å²) in [4.78, 5) is 24.6. The van der Waals surface area contributed by atoms with Gasteiger partial charge in [-0.25, -0.2) is 0 Å². The number of hydrogen-bond donors (Lipinski definition) is 1. The number of non-ortho nitro benzene ring substituents is 1. The van der Waals surface area contributed by atoms with E-state index >= 15 is 0 Å². The fraction of sp³-hybridized carbons (Fsp3) is 0.357. The van der Waals surface area contributed by atoms with Crippen LogP contribution in [0.5, 0.6) is 0 Å². The van der Waals surface area contributed by atoms with Crippen LogP contribution in [0.2, 0.25) is 5.28 Å². The van der Waals surface area contributed by atoms with Crippen LogP contribution in [0.25, 0.3) is 0 Å². The maximum absolute atomic E-state index is 10.8. The summed E-state index contributed by atoms with van der Waals surface area (Å²) in [5, 5.41) is 13.8. The summed E-state index contributed by atoms with van der Waals surface area (Å²) in [6.07, 6.45) is 2.06. The Morgan fingerprint density at radius 1 is 1.35 bits per heavy atom. The zero-order valence-electron chi connectivity index (χ0n) is 12.9. The van der Waals surface area contributed by atoms with E-state index in [-0.39, 0.29) is 16.9 Å². The number of rotatable bonds is 7. The van der Waals surface area contributed by atoms with Crippen molar-refractivity contribution >= 4 is 34.9 Å². The maximum Gasteiger partial charge on any atom is 0.271 e.